The average Bonchev–Trinajstić information content (AvgIpc) is 3.22. The molecular weight excluding hydrogens is 440 g/mol. The molecule has 33 heavy (non-hydrogen) atoms. The van der Waals surface area contributed by atoms with Crippen LogP contribution in [0.4, 0.5) is 5.69 Å². The number of methoxy groups -OCH3 is 1. The number of rotatable bonds is 6. The number of carbonyl (C=O) groups is 1. The molecular formula is C24H24N4O4S. The second-order valence-corrected chi connectivity index (χ2v) is 9.32. The molecule has 0 saturated carbocycles. The normalized spacial score (nSPS) is 17.1. The Morgan fingerprint density at radius 1 is 1.03 bits per heavy atom. The van der Waals surface area contributed by atoms with E-state index >= 15 is 0 Å². The van der Waals surface area contributed by atoms with Crippen LogP contribution in [0.25, 0.3) is 0 Å². The molecule has 1 heterocycles. The number of hydrogen-bond acceptors (Lipinski definition) is 5. The van der Waals surface area contributed by atoms with Gasteiger partial charge in [0.2, 0.25) is 5.91 Å². The fourth-order valence-electron chi connectivity index (χ4n) is 3.63. The van der Waals surface area contributed by atoms with Crippen molar-refractivity contribution in [3.63, 3.8) is 0 Å². The number of hydrogen-bond donors (Lipinski definition) is 2. The van der Waals surface area contributed by atoms with E-state index in [0.29, 0.717) is 23.6 Å². The Morgan fingerprint density at radius 3 is 2.24 bits per heavy atom. The lowest BCUT2D eigenvalue weighted by molar-refractivity contribution is 0.1000. The van der Waals surface area contributed by atoms with E-state index in [-0.39, 0.29) is 10.9 Å². The lowest BCUT2D eigenvalue weighted by Gasteiger charge is -2.26. The van der Waals surface area contributed by atoms with E-state index in [0.717, 1.165) is 16.8 Å². The van der Waals surface area contributed by atoms with Gasteiger partial charge in [0, 0.05) is 12.0 Å². The van der Waals surface area contributed by atoms with Crippen molar-refractivity contribution in [3.8, 4) is 5.75 Å². The summed E-state index contributed by atoms with van der Waals surface area (Å²) in [6.07, 6.45) is 0.326. The fraction of sp³-hybridized carbons (Fsp3) is 0.167. The number of primary amides is 1. The van der Waals surface area contributed by atoms with Gasteiger partial charge in [0.1, 0.15) is 11.6 Å². The largest absolute Gasteiger partial charge is 0.497 e. The Bertz CT molecular complexity index is 1290. The van der Waals surface area contributed by atoms with E-state index in [9.17, 15) is 13.2 Å². The number of nitrogens with zero attached hydrogens (tertiary/aromatic N) is 2. The highest BCUT2D eigenvalue weighted by molar-refractivity contribution is 7.90. The maximum Gasteiger partial charge on any atom is 0.283 e. The number of sulfonamides is 1. The van der Waals surface area contributed by atoms with Crippen molar-refractivity contribution < 1.29 is 17.9 Å². The molecule has 0 aromatic heterocycles. The number of benzene rings is 3. The Labute approximate surface area is 192 Å². The molecule has 8 nitrogen and oxygen atoms in total. The molecule has 1 aliphatic rings. The van der Waals surface area contributed by atoms with E-state index in [1.54, 1.807) is 55.6 Å². The number of amides is 1. The van der Waals surface area contributed by atoms with Gasteiger partial charge in [-0.25, -0.2) is 0 Å². The zero-order chi connectivity index (χ0) is 23.6. The van der Waals surface area contributed by atoms with Crippen molar-refractivity contribution in [2.45, 2.75) is 24.3 Å². The van der Waals surface area contributed by atoms with E-state index < -0.39 is 15.9 Å². The van der Waals surface area contributed by atoms with E-state index in [2.05, 4.69) is 9.82 Å². The smallest absolute Gasteiger partial charge is 0.283 e. The van der Waals surface area contributed by atoms with Crippen LogP contribution < -0.4 is 20.9 Å². The first-order valence-electron chi connectivity index (χ1n) is 10.3. The summed E-state index contributed by atoms with van der Waals surface area (Å²) in [5, 5.41) is 1.85. The molecule has 1 fully saturated rings. The number of aryl methyl sites for hydroxylation is 1. The maximum atomic E-state index is 12.9. The lowest BCUT2D eigenvalue weighted by atomic mass is 10.0. The summed E-state index contributed by atoms with van der Waals surface area (Å²) in [6, 6.07) is 20.6. The predicted octanol–water partition coefficient (Wildman–Crippen LogP) is 3.35. The molecule has 3 aromatic rings. The molecule has 1 atom stereocenters. The zero-order valence-corrected chi connectivity index (χ0v) is 19.0. The van der Waals surface area contributed by atoms with Crippen LogP contribution >= 0.6 is 0 Å². The summed E-state index contributed by atoms with van der Waals surface area (Å²) < 4.78 is 35.1. The SMILES string of the molecule is COc1ccc(N2N/C(=N/S(=O)(=O)c3ccc(C)cc3)CC2c2ccc(C(N)=O)cc2)cc1. The van der Waals surface area contributed by atoms with Crippen LogP contribution in [0.3, 0.4) is 0 Å². The van der Waals surface area contributed by atoms with E-state index in [1.807, 2.05) is 36.2 Å². The van der Waals surface area contributed by atoms with Crippen LogP contribution in [0.1, 0.15) is 33.9 Å². The first-order chi connectivity index (χ1) is 15.8. The van der Waals surface area contributed by atoms with Gasteiger partial charge < -0.3 is 10.5 Å². The number of ether oxygens (including phenoxy) is 1. The van der Waals surface area contributed by atoms with Crippen LogP contribution in [-0.4, -0.2) is 27.3 Å². The number of carbonyl (C=O) groups excluding carboxylic acids is 1. The molecule has 0 aliphatic carbocycles. The van der Waals surface area contributed by atoms with Gasteiger partial charge in [-0.1, -0.05) is 29.8 Å². The van der Waals surface area contributed by atoms with Gasteiger partial charge in [-0.05, 0) is 61.0 Å². The zero-order valence-electron chi connectivity index (χ0n) is 18.2. The highest BCUT2D eigenvalue weighted by atomic mass is 32.2. The predicted molar refractivity (Wildman–Crippen MR) is 127 cm³/mol. The monoisotopic (exact) mass is 464 g/mol. The number of nitrogens with two attached hydrogens (primary N) is 1. The van der Waals surface area contributed by atoms with Crippen LogP contribution in [0, 0.1) is 6.92 Å². The molecule has 0 spiro atoms. The topological polar surface area (TPSA) is 114 Å². The van der Waals surface area contributed by atoms with E-state index in [4.69, 9.17) is 10.5 Å². The van der Waals surface area contributed by atoms with Crippen molar-refractivity contribution in [2.24, 2.45) is 10.1 Å². The number of hydrazine groups is 1. The summed E-state index contributed by atoms with van der Waals surface area (Å²) in [5.74, 6) is 0.510. The molecule has 3 aromatic carbocycles. The summed E-state index contributed by atoms with van der Waals surface area (Å²) >= 11 is 0. The van der Waals surface area contributed by atoms with E-state index in [1.165, 1.54) is 0 Å². The first kappa shape index (κ1) is 22.3. The molecule has 1 aliphatic heterocycles. The van der Waals surface area contributed by atoms with Crippen molar-refractivity contribution in [1.29, 1.82) is 0 Å². The molecule has 0 bridgehead atoms. The van der Waals surface area contributed by atoms with Gasteiger partial charge in [-0.2, -0.15) is 8.42 Å². The van der Waals surface area contributed by atoms with Crippen LogP contribution in [0.15, 0.2) is 82.1 Å². The third-order valence-corrected chi connectivity index (χ3v) is 6.76. The molecule has 0 radical (unpaired) electrons. The van der Waals surface area contributed by atoms with Gasteiger partial charge in [0.05, 0.1) is 23.7 Å². The summed E-state index contributed by atoms with van der Waals surface area (Å²) in [5.41, 5.74) is 11.5. The Kier molecular flexibility index (Phi) is 6.06. The quantitative estimate of drug-likeness (QED) is 0.578. The van der Waals surface area contributed by atoms with Crippen molar-refractivity contribution in [1.82, 2.24) is 5.43 Å². The highest BCUT2D eigenvalue weighted by Gasteiger charge is 2.32. The van der Waals surface area contributed by atoms with Crippen molar-refractivity contribution >= 4 is 27.5 Å². The Morgan fingerprint density at radius 2 is 1.67 bits per heavy atom. The summed E-state index contributed by atoms with van der Waals surface area (Å²) in [7, 11) is -2.29. The minimum atomic E-state index is -3.88. The van der Waals surface area contributed by atoms with Gasteiger partial charge in [0.15, 0.2) is 0 Å². The Hall–Kier alpha value is -3.85. The molecule has 1 unspecified atom stereocenters. The second-order valence-electron chi connectivity index (χ2n) is 7.71. The molecule has 1 saturated heterocycles. The van der Waals surface area contributed by atoms with Crippen LogP contribution in [-0.2, 0) is 10.0 Å². The number of nitrogens with one attached hydrogen (secondary N) is 1. The molecule has 9 heteroatoms. The molecule has 4 rings (SSSR count). The minimum absolute atomic E-state index is 0.132. The highest BCUT2D eigenvalue weighted by Crippen LogP contribution is 2.34. The van der Waals surface area contributed by atoms with Crippen molar-refractivity contribution in [3.05, 3.63) is 89.5 Å². The Balaban J connectivity index is 1.70. The standard InChI is InChI=1S/C24H24N4O4S/c1-16-3-13-21(14-4-16)33(30,31)27-23-15-22(17-5-7-18(8-6-17)24(25)29)28(26-23)19-9-11-20(32-2)12-10-19/h3-14,22H,15H2,1-2H3,(H2,25,29)(H,26,27). The van der Waals surface area contributed by atoms with Crippen molar-refractivity contribution in [2.75, 3.05) is 12.1 Å². The average molecular weight is 465 g/mol. The van der Waals surface area contributed by atoms with Gasteiger partial charge in [0.25, 0.3) is 10.0 Å². The minimum Gasteiger partial charge on any atom is -0.497 e. The summed E-state index contributed by atoms with van der Waals surface area (Å²) in [4.78, 5) is 11.6. The number of amidine groups is 1. The van der Waals surface area contributed by atoms with Crippen LogP contribution in [0.5, 0.6) is 5.75 Å². The molecule has 170 valence electrons. The lowest BCUT2D eigenvalue weighted by Crippen LogP contribution is -2.35. The molecule has 3 N–H and O–H groups in total. The first-order valence-corrected chi connectivity index (χ1v) is 11.7. The maximum absolute atomic E-state index is 12.9. The third kappa shape index (κ3) is 4.83. The van der Waals surface area contributed by atoms with Crippen LogP contribution in [0.2, 0.25) is 0 Å². The second kappa shape index (κ2) is 8.95. The fourth-order valence-corrected chi connectivity index (χ4v) is 4.62. The van der Waals surface area contributed by atoms with Gasteiger partial charge in [-0.3, -0.25) is 15.2 Å². The van der Waals surface area contributed by atoms with Gasteiger partial charge >= 0.3 is 0 Å². The van der Waals surface area contributed by atoms with Gasteiger partial charge in [-0.15, -0.1) is 4.40 Å². The summed E-state index contributed by atoms with van der Waals surface area (Å²) in [6.45, 7) is 1.89. The molecule has 1 amide bonds. The third-order valence-electron chi connectivity index (χ3n) is 5.43. The number of anilines is 1.